The summed E-state index contributed by atoms with van der Waals surface area (Å²) < 4.78 is 10.2. The van der Waals surface area contributed by atoms with E-state index in [9.17, 15) is 4.79 Å². The Morgan fingerprint density at radius 3 is 2.65 bits per heavy atom. The largest absolute Gasteiger partial charge is 0.385 e. The molecule has 5 heteroatoms. The fourth-order valence-electron chi connectivity index (χ4n) is 2.19. The molecule has 3 N–H and O–H groups in total. The Bertz CT molecular complexity index is 268. The highest BCUT2D eigenvalue weighted by Gasteiger charge is 2.49. The Kier molecular flexibility index (Phi) is 4.91. The van der Waals surface area contributed by atoms with Crippen LogP contribution < -0.4 is 11.1 Å². The van der Waals surface area contributed by atoms with Gasteiger partial charge < -0.3 is 20.5 Å². The van der Waals surface area contributed by atoms with Crippen LogP contribution in [0.3, 0.4) is 0 Å². The van der Waals surface area contributed by atoms with Crippen molar-refractivity contribution in [1.29, 1.82) is 0 Å². The minimum Gasteiger partial charge on any atom is -0.385 e. The van der Waals surface area contributed by atoms with Gasteiger partial charge in [0.05, 0.1) is 12.1 Å². The van der Waals surface area contributed by atoms with Crippen molar-refractivity contribution in [2.24, 2.45) is 11.1 Å². The summed E-state index contributed by atoms with van der Waals surface area (Å²) in [5.41, 5.74) is 5.74. The van der Waals surface area contributed by atoms with Crippen LogP contribution in [0.1, 0.15) is 26.7 Å². The summed E-state index contributed by atoms with van der Waals surface area (Å²) in [5, 5.41) is 2.98. The fourth-order valence-corrected chi connectivity index (χ4v) is 2.19. The van der Waals surface area contributed by atoms with Gasteiger partial charge in [-0.3, -0.25) is 4.79 Å². The molecule has 0 aliphatic heterocycles. The average molecular weight is 244 g/mol. The molecule has 0 radical (unpaired) electrons. The van der Waals surface area contributed by atoms with Crippen molar-refractivity contribution in [3.8, 4) is 0 Å². The van der Waals surface area contributed by atoms with Gasteiger partial charge in [0, 0.05) is 32.3 Å². The highest BCUT2D eigenvalue weighted by atomic mass is 16.5. The second-order valence-electron chi connectivity index (χ2n) is 5.23. The normalized spacial score (nSPS) is 28.3. The molecule has 17 heavy (non-hydrogen) atoms. The molecule has 0 saturated heterocycles. The van der Waals surface area contributed by atoms with Gasteiger partial charge in [-0.25, -0.2) is 0 Å². The standard InChI is InChI=1S/C12H24N2O3/c1-12(2)9(7-10(12)17-4)14-11(15)8(13)5-6-16-3/h8-10H,5-7,13H2,1-4H3,(H,14,15). The van der Waals surface area contributed by atoms with Gasteiger partial charge in [-0.1, -0.05) is 13.8 Å². The van der Waals surface area contributed by atoms with E-state index in [0.717, 1.165) is 6.42 Å². The van der Waals surface area contributed by atoms with Crippen molar-refractivity contribution >= 4 is 5.91 Å². The highest BCUT2D eigenvalue weighted by Crippen LogP contribution is 2.42. The third kappa shape index (κ3) is 3.18. The maximum absolute atomic E-state index is 11.8. The van der Waals surface area contributed by atoms with E-state index in [4.69, 9.17) is 15.2 Å². The van der Waals surface area contributed by atoms with Gasteiger partial charge in [-0.2, -0.15) is 0 Å². The molecule has 1 aliphatic carbocycles. The van der Waals surface area contributed by atoms with Crippen LogP contribution in [0.2, 0.25) is 0 Å². The highest BCUT2D eigenvalue weighted by molar-refractivity contribution is 5.81. The van der Waals surface area contributed by atoms with Gasteiger partial charge in [0.1, 0.15) is 0 Å². The topological polar surface area (TPSA) is 73.6 Å². The lowest BCUT2D eigenvalue weighted by Crippen LogP contribution is -2.63. The molecule has 100 valence electrons. The van der Waals surface area contributed by atoms with E-state index >= 15 is 0 Å². The van der Waals surface area contributed by atoms with Gasteiger partial charge >= 0.3 is 0 Å². The average Bonchev–Trinajstić information content (AvgIpc) is 2.30. The summed E-state index contributed by atoms with van der Waals surface area (Å²) >= 11 is 0. The molecule has 0 aromatic carbocycles. The van der Waals surface area contributed by atoms with E-state index in [1.54, 1.807) is 14.2 Å². The molecule has 1 fully saturated rings. The van der Waals surface area contributed by atoms with Crippen LogP contribution in [0, 0.1) is 5.41 Å². The summed E-state index contributed by atoms with van der Waals surface area (Å²) in [6.07, 6.45) is 1.61. The van der Waals surface area contributed by atoms with Crippen LogP contribution >= 0.6 is 0 Å². The zero-order valence-electron chi connectivity index (χ0n) is 11.2. The van der Waals surface area contributed by atoms with Crippen LogP contribution in [0.25, 0.3) is 0 Å². The van der Waals surface area contributed by atoms with Crippen LogP contribution in [0.5, 0.6) is 0 Å². The Morgan fingerprint density at radius 1 is 1.53 bits per heavy atom. The second kappa shape index (κ2) is 5.80. The summed E-state index contributed by atoms with van der Waals surface area (Å²) in [4.78, 5) is 11.8. The molecule has 0 heterocycles. The number of carbonyl (C=O) groups excluding carboxylic acids is 1. The number of hydrogen-bond acceptors (Lipinski definition) is 4. The minimum absolute atomic E-state index is 0.0224. The van der Waals surface area contributed by atoms with E-state index in [2.05, 4.69) is 19.2 Å². The predicted octanol–water partition coefficient (Wildman–Crippen LogP) is 0.280. The number of amides is 1. The number of rotatable bonds is 6. The van der Waals surface area contributed by atoms with Gasteiger partial charge in [-0.05, 0) is 12.8 Å². The monoisotopic (exact) mass is 244 g/mol. The summed E-state index contributed by atoms with van der Waals surface area (Å²) in [5.74, 6) is -0.102. The minimum atomic E-state index is -0.493. The number of hydrogen-bond donors (Lipinski definition) is 2. The molecular formula is C12H24N2O3. The first-order valence-corrected chi connectivity index (χ1v) is 6.01. The second-order valence-corrected chi connectivity index (χ2v) is 5.23. The summed E-state index contributed by atoms with van der Waals surface area (Å²) in [7, 11) is 3.30. The molecule has 0 bridgehead atoms. The molecule has 0 spiro atoms. The predicted molar refractivity (Wildman–Crippen MR) is 65.6 cm³/mol. The molecule has 1 aliphatic rings. The maximum Gasteiger partial charge on any atom is 0.237 e. The first kappa shape index (κ1) is 14.4. The Morgan fingerprint density at radius 2 is 2.18 bits per heavy atom. The van der Waals surface area contributed by atoms with E-state index in [0.29, 0.717) is 13.0 Å². The van der Waals surface area contributed by atoms with Crippen LogP contribution in [0.4, 0.5) is 0 Å². The zero-order chi connectivity index (χ0) is 13.1. The van der Waals surface area contributed by atoms with Crippen molar-refractivity contribution in [3.63, 3.8) is 0 Å². The number of ether oxygens (including phenoxy) is 2. The SMILES string of the molecule is COCCC(N)C(=O)NC1CC(OC)C1(C)C. The molecule has 0 aromatic rings. The zero-order valence-corrected chi connectivity index (χ0v) is 11.2. The van der Waals surface area contributed by atoms with Gasteiger partial charge in [0.25, 0.3) is 0 Å². The van der Waals surface area contributed by atoms with E-state index < -0.39 is 6.04 Å². The van der Waals surface area contributed by atoms with Crippen molar-refractivity contribution in [3.05, 3.63) is 0 Å². The number of methoxy groups -OCH3 is 2. The lowest BCUT2D eigenvalue weighted by molar-refractivity contribution is -0.134. The van der Waals surface area contributed by atoms with E-state index in [-0.39, 0.29) is 23.5 Å². The Hall–Kier alpha value is -0.650. The first-order valence-electron chi connectivity index (χ1n) is 6.01. The number of nitrogens with two attached hydrogens (primary N) is 1. The Labute approximate surface area is 103 Å². The molecule has 0 aromatic heterocycles. The molecule has 5 nitrogen and oxygen atoms in total. The quantitative estimate of drug-likeness (QED) is 0.704. The van der Waals surface area contributed by atoms with Gasteiger partial charge in [0.15, 0.2) is 0 Å². The van der Waals surface area contributed by atoms with Crippen molar-refractivity contribution in [2.45, 2.75) is 44.9 Å². The van der Waals surface area contributed by atoms with Crippen LogP contribution in [0.15, 0.2) is 0 Å². The van der Waals surface area contributed by atoms with E-state index in [1.165, 1.54) is 0 Å². The third-order valence-electron chi connectivity index (χ3n) is 3.75. The molecule has 1 rings (SSSR count). The Balaban J connectivity index is 2.38. The first-order chi connectivity index (χ1) is 7.93. The molecule has 1 amide bonds. The molecule has 1 saturated carbocycles. The van der Waals surface area contributed by atoms with E-state index in [1.807, 2.05) is 0 Å². The number of nitrogens with one attached hydrogen (secondary N) is 1. The smallest absolute Gasteiger partial charge is 0.237 e. The lowest BCUT2D eigenvalue weighted by Gasteiger charge is -2.51. The van der Waals surface area contributed by atoms with Crippen molar-refractivity contribution < 1.29 is 14.3 Å². The molecule has 3 unspecified atom stereocenters. The van der Waals surface area contributed by atoms with Crippen LogP contribution in [-0.2, 0) is 14.3 Å². The fraction of sp³-hybridized carbons (Fsp3) is 0.917. The third-order valence-corrected chi connectivity index (χ3v) is 3.75. The maximum atomic E-state index is 11.8. The van der Waals surface area contributed by atoms with Crippen LogP contribution in [-0.4, -0.2) is 44.9 Å². The molecule has 3 atom stereocenters. The van der Waals surface area contributed by atoms with Crippen molar-refractivity contribution in [1.82, 2.24) is 5.32 Å². The van der Waals surface area contributed by atoms with Gasteiger partial charge in [-0.15, -0.1) is 0 Å². The lowest BCUT2D eigenvalue weighted by atomic mass is 9.64. The summed E-state index contributed by atoms with van der Waals surface area (Å²) in [6, 6.07) is -0.346. The molecular weight excluding hydrogens is 220 g/mol. The van der Waals surface area contributed by atoms with Gasteiger partial charge in [0.2, 0.25) is 5.91 Å². The summed E-state index contributed by atoms with van der Waals surface area (Å²) in [6.45, 7) is 4.69. The number of carbonyl (C=O) groups is 1. The van der Waals surface area contributed by atoms with Crippen molar-refractivity contribution in [2.75, 3.05) is 20.8 Å².